The molecule has 0 aromatic carbocycles. The maximum absolute atomic E-state index is 11.5. The number of carbonyl (C=O) groups excluding carboxylic acids is 1. The lowest BCUT2D eigenvalue weighted by molar-refractivity contribution is 0.100. The monoisotopic (exact) mass is 317 g/mol. The Balaban J connectivity index is 2.39. The second-order valence-electron chi connectivity index (χ2n) is 4.16. The zero-order valence-electron chi connectivity index (χ0n) is 11.0. The summed E-state index contributed by atoms with van der Waals surface area (Å²) in [5.41, 5.74) is 13.0. The summed E-state index contributed by atoms with van der Waals surface area (Å²) in [5.74, 6) is -0.562. The first-order chi connectivity index (χ1) is 10.1. The van der Waals surface area contributed by atoms with Gasteiger partial charge in [-0.1, -0.05) is 17.8 Å². The Morgan fingerprint density at radius 2 is 2.14 bits per heavy atom. The highest BCUT2D eigenvalue weighted by Gasteiger charge is 2.21. The predicted octanol–water partition coefficient (Wildman–Crippen LogP) is 2.16. The van der Waals surface area contributed by atoms with Gasteiger partial charge in [-0.2, -0.15) is 0 Å². The second kappa shape index (κ2) is 5.30. The average Bonchev–Trinajstić information content (AvgIpc) is 2.84. The van der Waals surface area contributed by atoms with Crippen LogP contribution in [0.5, 0.6) is 0 Å². The highest BCUT2D eigenvalue weighted by atomic mass is 32.2. The number of fused-ring (bicyclic) bond motifs is 1. The fraction of sp³-hybridized carbons (Fsp3) is 0.0769. The Kier molecular flexibility index (Phi) is 3.48. The summed E-state index contributed by atoms with van der Waals surface area (Å²) in [7, 11) is 0. The van der Waals surface area contributed by atoms with E-state index in [9.17, 15) is 4.79 Å². The molecule has 0 bridgehead atoms. The number of hydrogen-bond acceptors (Lipinski definition) is 7. The smallest absolute Gasteiger partial charge is 0.260 e. The number of nitrogens with zero attached hydrogens (tertiary/aromatic N) is 3. The molecule has 106 valence electrons. The van der Waals surface area contributed by atoms with Gasteiger partial charge in [-0.05, 0) is 18.4 Å². The number of thiophene rings is 1. The van der Waals surface area contributed by atoms with Crippen LogP contribution < -0.4 is 11.5 Å². The van der Waals surface area contributed by atoms with Gasteiger partial charge in [-0.3, -0.25) is 9.78 Å². The zero-order chi connectivity index (χ0) is 15.0. The van der Waals surface area contributed by atoms with Crippen molar-refractivity contribution in [2.45, 2.75) is 5.16 Å². The van der Waals surface area contributed by atoms with Gasteiger partial charge in [0.25, 0.3) is 5.91 Å². The van der Waals surface area contributed by atoms with E-state index in [2.05, 4.69) is 15.0 Å². The van der Waals surface area contributed by atoms with Gasteiger partial charge in [0.2, 0.25) is 0 Å². The number of amides is 1. The first kappa shape index (κ1) is 13.8. The average molecular weight is 317 g/mol. The zero-order valence-corrected chi connectivity index (χ0v) is 12.7. The lowest BCUT2D eigenvalue weighted by atomic mass is 10.1. The van der Waals surface area contributed by atoms with E-state index >= 15 is 0 Å². The normalized spacial score (nSPS) is 10.9. The number of hydrogen-bond donors (Lipinski definition) is 2. The Hall–Kier alpha value is -2.19. The maximum Gasteiger partial charge on any atom is 0.260 e. The van der Waals surface area contributed by atoms with Crippen LogP contribution in [0, 0.1) is 0 Å². The predicted molar refractivity (Wildman–Crippen MR) is 85.4 cm³/mol. The number of nitrogens with two attached hydrogens (primary N) is 2. The first-order valence-electron chi connectivity index (χ1n) is 5.97. The van der Waals surface area contributed by atoms with Crippen molar-refractivity contribution in [3.05, 3.63) is 29.3 Å². The molecule has 1 amide bonds. The van der Waals surface area contributed by atoms with Crippen LogP contribution in [0.2, 0.25) is 0 Å². The largest absolute Gasteiger partial charge is 0.397 e. The molecule has 0 radical (unpaired) electrons. The van der Waals surface area contributed by atoms with Crippen molar-refractivity contribution in [1.29, 1.82) is 0 Å². The molecule has 0 aliphatic heterocycles. The van der Waals surface area contributed by atoms with E-state index in [4.69, 9.17) is 11.5 Å². The third kappa shape index (κ3) is 2.32. The third-order valence-electron chi connectivity index (χ3n) is 2.88. The molecule has 8 heteroatoms. The third-order valence-corrected chi connectivity index (χ3v) is 4.54. The molecule has 0 atom stereocenters. The van der Waals surface area contributed by atoms with Crippen LogP contribution in [0.3, 0.4) is 0 Å². The summed E-state index contributed by atoms with van der Waals surface area (Å²) in [6.45, 7) is 0. The number of pyridine rings is 1. The van der Waals surface area contributed by atoms with E-state index < -0.39 is 5.91 Å². The molecule has 6 nitrogen and oxygen atoms in total. The number of rotatable bonds is 3. The summed E-state index contributed by atoms with van der Waals surface area (Å²) in [5, 5.41) is 1.23. The lowest BCUT2D eigenvalue weighted by Gasteiger charge is -2.04. The van der Waals surface area contributed by atoms with Crippen LogP contribution in [0.25, 0.3) is 21.6 Å². The number of anilines is 1. The minimum atomic E-state index is -0.562. The molecular formula is C13H11N5OS2. The molecule has 0 fully saturated rings. The van der Waals surface area contributed by atoms with Gasteiger partial charge in [0, 0.05) is 6.20 Å². The maximum atomic E-state index is 11.5. The highest BCUT2D eigenvalue weighted by Crippen LogP contribution is 2.38. The molecule has 3 aromatic heterocycles. The van der Waals surface area contributed by atoms with Crippen molar-refractivity contribution in [2.75, 3.05) is 12.0 Å². The van der Waals surface area contributed by atoms with Gasteiger partial charge in [0.05, 0.1) is 16.8 Å². The van der Waals surface area contributed by atoms with Gasteiger partial charge in [-0.15, -0.1) is 11.3 Å². The van der Waals surface area contributed by atoms with E-state index in [1.165, 1.54) is 23.1 Å². The van der Waals surface area contributed by atoms with Crippen molar-refractivity contribution in [3.63, 3.8) is 0 Å². The Morgan fingerprint density at radius 3 is 2.76 bits per heavy atom. The van der Waals surface area contributed by atoms with E-state index in [0.29, 0.717) is 37.3 Å². The van der Waals surface area contributed by atoms with Crippen LogP contribution in [0.4, 0.5) is 5.69 Å². The summed E-state index contributed by atoms with van der Waals surface area (Å²) in [6.07, 6.45) is 3.56. The van der Waals surface area contributed by atoms with Gasteiger partial charge < -0.3 is 11.5 Å². The van der Waals surface area contributed by atoms with E-state index in [1.807, 2.05) is 24.5 Å². The summed E-state index contributed by atoms with van der Waals surface area (Å²) in [6, 6.07) is 5.53. The summed E-state index contributed by atoms with van der Waals surface area (Å²) in [4.78, 5) is 25.6. The van der Waals surface area contributed by atoms with Crippen molar-refractivity contribution in [3.8, 4) is 11.4 Å². The van der Waals surface area contributed by atoms with Crippen LogP contribution in [-0.2, 0) is 0 Å². The van der Waals surface area contributed by atoms with Crippen LogP contribution in [0.1, 0.15) is 9.67 Å². The number of nitrogen functional groups attached to an aromatic ring is 1. The van der Waals surface area contributed by atoms with Crippen LogP contribution in [0.15, 0.2) is 29.6 Å². The summed E-state index contributed by atoms with van der Waals surface area (Å²) >= 11 is 2.59. The number of aromatic nitrogens is 3. The van der Waals surface area contributed by atoms with Crippen LogP contribution >= 0.6 is 23.1 Å². The lowest BCUT2D eigenvalue weighted by Crippen LogP contribution is -2.10. The van der Waals surface area contributed by atoms with Crippen molar-refractivity contribution in [1.82, 2.24) is 15.0 Å². The highest BCUT2D eigenvalue weighted by molar-refractivity contribution is 7.98. The molecule has 0 aliphatic carbocycles. The minimum absolute atomic E-state index is 0.301. The van der Waals surface area contributed by atoms with Gasteiger partial charge in [0.1, 0.15) is 15.4 Å². The van der Waals surface area contributed by atoms with Gasteiger partial charge in [0.15, 0.2) is 5.16 Å². The molecule has 0 spiro atoms. The van der Waals surface area contributed by atoms with E-state index in [-0.39, 0.29) is 0 Å². The summed E-state index contributed by atoms with van der Waals surface area (Å²) < 4.78 is 0. The minimum Gasteiger partial charge on any atom is -0.397 e. The number of carbonyl (C=O) groups is 1. The van der Waals surface area contributed by atoms with E-state index in [1.54, 1.807) is 6.20 Å². The second-order valence-corrected chi connectivity index (χ2v) is 5.94. The quantitative estimate of drug-likeness (QED) is 0.566. The SMILES string of the molecule is CSc1nc(-c2ccccn2)c2c(N)c(C(N)=O)sc2n1. The molecule has 4 N–H and O–H groups in total. The first-order valence-corrected chi connectivity index (χ1v) is 8.01. The molecular weight excluding hydrogens is 306 g/mol. The molecule has 21 heavy (non-hydrogen) atoms. The van der Waals surface area contributed by atoms with Crippen LogP contribution in [-0.4, -0.2) is 27.1 Å². The standard InChI is InChI=1S/C13H11N5OS2/c1-20-13-17-9(6-4-2-3-5-16-6)7-8(14)10(11(15)19)21-12(7)18-13/h2-5H,14H2,1H3,(H2,15,19). The molecule has 0 saturated heterocycles. The van der Waals surface area contributed by atoms with E-state index in [0.717, 1.165) is 0 Å². The van der Waals surface area contributed by atoms with Gasteiger partial charge in [-0.25, -0.2) is 9.97 Å². The molecule has 0 saturated carbocycles. The number of primary amides is 1. The van der Waals surface area contributed by atoms with Gasteiger partial charge >= 0.3 is 0 Å². The molecule has 3 rings (SSSR count). The fourth-order valence-electron chi connectivity index (χ4n) is 1.96. The molecule has 0 unspecified atom stereocenters. The molecule has 3 heterocycles. The molecule has 0 aliphatic rings. The topological polar surface area (TPSA) is 108 Å². The number of thioether (sulfide) groups is 1. The van der Waals surface area contributed by atoms with Crippen molar-refractivity contribution < 1.29 is 4.79 Å². The Bertz CT molecular complexity index is 831. The molecule has 3 aromatic rings. The Labute approximate surface area is 128 Å². The van der Waals surface area contributed by atoms with Crippen molar-refractivity contribution in [2.24, 2.45) is 5.73 Å². The Morgan fingerprint density at radius 1 is 1.33 bits per heavy atom. The van der Waals surface area contributed by atoms with Crippen molar-refractivity contribution >= 4 is 44.9 Å². The fourth-order valence-corrected chi connectivity index (χ4v) is 3.33.